The van der Waals surface area contributed by atoms with Crippen LogP contribution < -0.4 is 10.1 Å². The third kappa shape index (κ3) is 4.27. The SMILES string of the molecule is Cc1ccccc1-c1nc(NC(=O)COc2ccc(C(C)C)cc2)no1. The molecule has 0 fully saturated rings. The molecule has 0 atom stereocenters. The van der Waals surface area contributed by atoms with E-state index < -0.39 is 0 Å². The van der Waals surface area contributed by atoms with Crippen molar-refractivity contribution in [2.45, 2.75) is 26.7 Å². The number of anilines is 1. The van der Waals surface area contributed by atoms with Crippen molar-refractivity contribution in [1.82, 2.24) is 10.1 Å². The number of nitrogens with one attached hydrogen (secondary N) is 1. The van der Waals surface area contributed by atoms with Gasteiger partial charge in [-0.15, -0.1) is 0 Å². The fourth-order valence-electron chi connectivity index (χ4n) is 2.46. The normalized spacial score (nSPS) is 10.8. The van der Waals surface area contributed by atoms with Crippen LogP contribution in [-0.4, -0.2) is 22.7 Å². The molecule has 1 aromatic heterocycles. The minimum Gasteiger partial charge on any atom is -0.484 e. The van der Waals surface area contributed by atoms with Crippen molar-refractivity contribution >= 4 is 11.9 Å². The highest BCUT2D eigenvalue weighted by Crippen LogP contribution is 2.22. The first-order chi connectivity index (χ1) is 12.5. The zero-order valence-electron chi connectivity index (χ0n) is 15.0. The molecule has 26 heavy (non-hydrogen) atoms. The molecule has 3 rings (SSSR count). The maximum atomic E-state index is 12.0. The summed E-state index contributed by atoms with van der Waals surface area (Å²) in [5, 5.41) is 6.36. The molecule has 6 heteroatoms. The molecular weight excluding hydrogens is 330 g/mol. The number of carbonyl (C=O) groups is 1. The molecule has 134 valence electrons. The van der Waals surface area contributed by atoms with Crippen LogP contribution in [0.25, 0.3) is 11.5 Å². The highest BCUT2D eigenvalue weighted by atomic mass is 16.5. The van der Waals surface area contributed by atoms with Gasteiger partial charge in [-0.05, 0) is 47.3 Å². The van der Waals surface area contributed by atoms with Crippen molar-refractivity contribution in [2.75, 3.05) is 11.9 Å². The van der Waals surface area contributed by atoms with Crippen LogP contribution >= 0.6 is 0 Å². The van der Waals surface area contributed by atoms with Gasteiger partial charge in [0.1, 0.15) is 5.75 Å². The van der Waals surface area contributed by atoms with E-state index in [1.54, 1.807) is 0 Å². The van der Waals surface area contributed by atoms with Crippen molar-refractivity contribution in [3.05, 3.63) is 59.7 Å². The van der Waals surface area contributed by atoms with E-state index in [2.05, 4.69) is 29.3 Å². The number of aryl methyl sites for hydroxylation is 1. The van der Waals surface area contributed by atoms with Gasteiger partial charge < -0.3 is 9.26 Å². The Morgan fingerprint density at radius 2 is 1.88 bits per heavy atom. The quantitative estimate of drug-likeness (QED) is 0.721. The van der Waals surface area contributed by atoms with E-state index in [0.717, 1.165) is 11.1 Å². The van der Waals surface area contributed by atoms with Gasteiger partial charge in [0.15, 0.2) is 6.61 Å². The van der Waals surface area contributed by atoms with Crippen LogP contribution in [0.4, 0.5) is 5.95 Å². The van der Waals surface area contributed by atoms with Gasteiger partial charge in [0, 0.05) is 5.56 Å². The summed E-state index contributed by atoms with van der Waals surface area (Å²) in [5.41, 5.74) is 3.07. The van der Waals surface area contributed by atoms with E-state index in [0.29, 0.717) is 17.6 Å². The van der Waals surface area contributed by atoms with Gasteiger partial charge in [-0.1, -0.05) is 44.2 Å². The molecule has 0 aliphatic heterocycles. The highest BCUT2D eigenvalue weighted by Gasteiger charge is 2.13. The molecule has 1 amide bonds. The molecule has 0 unspecified atom stereocenters. The number of carbonyl (C=O) groups excluding carboxylic acids is 1. The molecule has 0 radical (unpaired) electrons. The number of hydrogen-bond acceptors (Lipinski definition) is 5. The van der Waals surface area contributed by atoms with Crippen molar-refractivity contribution < 1.29 is 14.1 Å². The topological polar surface area (TPSA) is 77.2 Å². The number of ether oxygens (including phenoxy) is 1. The zero-order valence-corrected chi connectivity index (χ0v) is 15.0. The van der Waals surface area contributed by atoms with E-state index in [1.165, 1.54) is 5.56 Å². The molecule has 0 saturated heterocycles. The van der Waals surface area contributed by atoms with Gasteiger partial charge in [0.05, 0.1) is 0 Å². The predicted molar refractivity (Wildman–Crippen MR) is 99.1 cm³/mol. The summed E-state index contributed by atoms with van der Waals surface area (Å²) in [5.74, 6) is 1.22. The van der Waals surface area contributed by atoms with Crippen molar-refractivity contribution in [2.24, 2.45) is 0 Å². The minimum absolute atomic E-state index is 0.118. The fourth-order valence-corrected chi connectivity index (χ4v) is 2.46. The lowest BCUT2D eigenvalue weighted by Crippen LogP contribution is -2.20. The Hall–Kier alpha value is -3.15. The Balaban J connectivity index is 1.56. The summed E-state index contributed by atoms with van der Waals surface area (Å²) in [6, 6.07) is 15.4. The van der Waals surface area contributed by atoms with Crippen LogP contribution in [0.2, 0.25) is 0 Å². The van der Waals surface area contributed by atoms with Crippen LogP contribution in [0.3, 0.4) is 0 Å². The molecule has 0 aliphatic rings. The first-order valence-corrected chi connectivity index (χ1v) is 8.45. The number of rotatable bonds is 6. The second kappa shape index (κ2) is 7.82. The van der Waals surface area contributed by atoms with Crippen LogP contribution in [-0.2, 0) is 4.79 Å². The Morgan fingerprint density at radius 3 is 2.58 bits per heavy atom. The first kappa shape index (κ1) is 17.7. The van der Waals surface area contributed by atoms with Gasteiger partial charge in [0.25, 0.3) is 17.7 Å². The Morgan fingerprint density at radius 1 is 1.15 bits per heavy atom. The standard InChI is InChI=1S/C20H21N3O3/c1-13(2)15-8-10-16(11-9-15)25-12-18(24)21-20-22-19(26-23-20)17-7-5-4-6-14(17)3/h4-11,13H,12H2,1-3H3,(H,21,23,24). The average Bonchev–Trinajstić information content (AvgIpc) is 3.09. The van der Waals surface area contributed by atoms with E-state index in [4.69, 9.17) is 9.26 Å². The van der Waals surface area contributed by atoms with Crippen molar-refractivity contribution in [3.8, 4) is 17.2 Å². The first-order valence-electron chi connectivity index (χ1n) is 8.45. The Labute approximate surface area is 152 Å². The second-order valence-corrected chi connectivity index (χ2v) is 6.30. The van der Waals surface area contributed by atoms with Crippen LogP contribution in [0.5, 0.6) is 5.75 Å². The maximum Gasteiger partial charge on any atom is 0.270 e. The van der Waals surface area contributed by atoms with E-state index in [-0.39, 0.29) is 18.5 Å². The third-order valence-electron chi connectivity index (χ3n) is 3.97. The number of aromatic nitrogens is 2. The lowest BCUT2D eigenvalue weighted by Gasteiger charge is -2.08. The predicted octanol–water partition coefficient (Wildman–Crippen LogP) is 4.19. The molecule has 6 nitrogen and oxygen atoms in total. The largest absolute Gasteiger partial charge is 0.484 e. The molecule has 0 aliphatic carbocycles. The summed E-state index contributed by atoms with van der Waals surface area (Å²) < 4.78 is 10.7. The molecule has 0 spiro atoms. The van der Waals surface area contributed by atoms with Gasteiger partial charge in [-0.3, -0.25) is 10.1 Å². The lowest BCUT2D eigenvalue weighted by molar-refractivity contribution is -0.118. The number of benzene rings is 2. The van der Waals surface area contributed by atoms with Crippen LogP contribution in [0.1, 0.15) is 30.9 Å². The average molecular weight is 351 g/mol. The molecular formula is C20H21N3O3. The summed E-state index contributed by atoms with van der Waals surface area (Å²) >= 11 is 0. The number of nitrogens with zero attached hydrogens (tertiary/aromatic N) is 2. The molecule has 3 aromatic rings. The van der Waals surface area contributed by atoms with E-state index >= 15 is 0 Å². The fraction of sp³-hybridized carbons (Fsp3) is 0.250. The van der Waals surface area contributed by atoms with Crippen molar-refractivity contribution in [3.63, 3.8) is 0 Å². The number of amides is 1. The Bertz CT molecular complexity index is 885. The molecule has 1 heterocycles. The molecule has 0 bridgehead atoms. The third-order valence-corrected chi connectivity index (χ3v) is 3.97. The van der Waals surface area contributed by atoms with Crippen molar-refractivity contribution in [1.29, 1.82) is 0 Å². The van der Waals surface area contributed by atoms with Gasteiger partial charge in [0.2, 0.25) is 0 Å². The Kier molecular flexibility index (Phi) is 5.31. The van der Waals surface area contributed by atoms with Gasteiger partial charge in [-0.2, -0.15) is 4.98 Å². The smallest absolute Gasteiger partial charge is 0.270 e. The number of hydrogen-bond donors (Lipinski definition) is 1. The molecule has 2 aromatic carbocycles. The monoisotopic (exact) mass is 351 g/mol. The lowest BCUT2D eigenvalue weighted by atomic mass is 10.0. The maximum absolute atomic E-state index is 12.0. The minimum atomic E-state index is -0.352. The zero-order chi connectivity index (χ0) is 18.5. The molecule has 0 saturated carbocycles. The summed E-state index contributed by atoms with van der Waals surface area (Å²) in [6.45, 7) is 6.07. The summed E-state index contributed by atoms with van der Waals surface area (Å²) in [4.78, 5) is 16.2. The van der Waals surface area contributed by atoms with E-state index in [9.17, 15) is 4.79 Å². The van der Waals surface area contributed by atoms with Crippen LogP contribution in [0.15, 0.2) is 53.1 Å². The highest BCUT2D eigenvalue weighted by molar-refractivity contribution is 5.90. The summed E-state index contributed by atoms with van der Waals surface area (Å²) in [7, 11) is 0. The van der Waals surface area contributed by atoms with Gasteiger partial charge in [-0.25, -0.2) is 0 Å². The van der Waals surface area contributed by atoms with E-state index in [1.807, 2.05) is 55.5 Å². The summed E-state index contributed by atoms with van der Waals surface area (Å²) in [6.07, 6.45) is 0. The molecule has 1 N–H and O–H groups in total. The van der Waals surface area contributed by atoms with Gasteiger partial charge >= 0.3 is 0 Å². The second-order valence-electron chi connectivity index (χ2n) is 6.30. The van der Waals surface area contributed by atoms with Crippen LogP contribution in [0, 0.1) is 6.92 Å².